The monoisotopic (exact) mass is 361 g/mol. The van der Waals surface area contributed by atoms with Crippen LogP contribution in [0.2, 0.25) is 0 Å². The van der Waals surface area contributed by atoms with Gasteiger partial charge >= 0.3 is 5.97 Å². The van der Waals surface area contributed by atoms with Crippen LogP contribution in [0.1, 0.15) is 16.2 Å². The second kappa shape index (κ2) is 7.67. The largest absolute Gasteiger partial charge is 0.454 e. The standard InChI is InChI=1S/C16H12FN3O4S/c17-11-4-1-3-10(7-11)16(22)18-8-14(21)23-9-13-19-15(20-24-13)12-5-2-6-25-12/h1-7H,8-9H2,(H,18,22). The highest BCUT2D eigenvalue weighted by molar-refractivity contribution is 7.13. The van der Waals surface area contributed by atoms with Gasteiger partial charge in [0.2, 0.25) is 5.82 Å². The van der Waals surface area contributed by atoms with Gasteiger partial charge in [0.15, 0.2) is 6.61 Å². The molecular weight excluding hydrogens is 349 g/mol. The fourth-order valence-corrected chi connectivity index (χ4v) is 2.55. The number of hydrogen-bond donors (Lipinski definition) is 1. The van der Waals surface area contributed by atoms with Crippen LogP contribution in [0.15, 0.2) is 46.3 Å². The number of carbonyl (C=O) groups excluding carboxylic acids is 2. The van der Waals surface area contributed by atoms with Crippen LogP contribution in [0.3, 0.4) is 0 Å². The number of aromatic nitrogens is 2. The van der Waals surface area contributed by atoms with Crippen LogP contribution >= 0.6 is 11.3 Å². The van der Waals surface area contributed by atoms with Gasteiger partial charge in [-0.1, -0.05) is 17.3 Å². The zero-order chi connectivity index (χ0) is 17.6. The first kappa shape index (κ1) is 16.8. The summed E-state index contributed by atoms with van der Waals surface area (Å²) in [5.74, 6) is -1.23. The number of nitrogens with zero attached hydrogens (tertiary/aromatic N) is 2. The summed E-state index contributed by atoms with van der Waals surface area (Å²) in [6, 6.07) is 8.84. The zero-order valence-electron chi connectivity index (χ0n) is 12.8. The van der Waals surface area contributed by atoms with Gasteiger partial charge in [-0.15, -0.1) is 11.3 Å². The average Bonchev–Trinajstić information content (AvgIpc) is 3.29. The summed E-state index contributed by atoms with van der Waals surface area (Å²) in [7, 11) is 0. The average molecular weight is 361 g/mol. The highest BCUT2D eigenvalue weighted by Gasteiger charge is 2.13. The number of benzene rings is 1. The number of nitrogens with one attached hydrogen (secondary N) is 1. The Morgan fingerprint density at radius 3 is 2.92 bits per heavy atom. The van der Waals surface area contributed by atoms with Crippen LogP contribution in [-0.4, -0.2) is 28.6 Å². The molecule has 0 saturated carbocycles. The third-order valence-corrected chi connectivity index (χ3v) is 3.91. The minimum absolute atomic E-state index is 0.116. The van der Waals surface area contributed by atoms with Crippen molar-refractivity contribution in [3.05, 3.63) is 59.0 Å². The maximum Gasteiger partial charge on any atom is 0.325 e. The molecule has 0 saturated heterocycles. The van der Waals surface area contributed by atoms with Gasteiger partial charge in [0, 0.05) is 5.56 Å². The molecule has 3 rings (SSSR count). The molecule has 7 nitrogen and oxygen atoms in total. The normalized spacial score (nSPS) is 10.4. The van der Waals surface area contributed by atoms with Crippen LogP contribution in [0.5, 0.6) is 0 Å². The Kier molecular flexibility index (Phi) is 5.14. The summed E-state index contributed by atoms with van der Waals surface area (Å²) < 4.78 is 23.0. The molecule has 3 aromatic rings. The number of thiophene rings is 1. The Morgan fingerprint density at radius 1 is 1.28 bits per heavy atom. The lowest BCUT2D eigenvalue weighted by atomic mass is 10.2. The fraction of sp³-hybridized carbons (Fsp3) is 0.125. The topological polar surface area (TPSA) is 94.3 Å². The molecule has 0 bridgehead atoms. The molecule has 0 fully saturated rings. The Bertz CT molecular complexity index is 879. The number of hydrogen-bond acceptors (Lipinski definition) is 7. The summed E-state index contributed by atoms with van der Waals surface area (Å²) in [5.41, 5.74) is 0.116. The Morgan fingerprint density at radius 2 is 2.16 bits per heavy atom. The summed E-state index contributed by atoms with van der Waals surface area (Å²) in [5, 5.41) is 8.01. The lowest BCUT2D eigenvalue weighted by Crippen LogP contribution is -2.30. The second-order valence-electron chi connectivity index (χ2n) is 4.84. The molecule has 0 atom stereocenters. The summed E-state index contributed by atoms with van der Waals surface area (Å²) in [6.45, 7) is -0.561. The van der Waals surface area contributed by atoms with E-state index < -0.39 is 17.7 Å². The highest BCUT2D eigenvalue weighted by atomic mass is 32.1. The predicted molar refractivity (Wildman–Crippen MR) is 86.1 cm³/mol. The van der Waals surface area contributed by atoms with Gasteiger partial charge in [-0.3, -0.25) is 9.59 Å². The number of carbonyl (C=O) groups is 2. The van der Waals surface area contributed by atoms with E-state index >= 15 is 0 Å². The molecule has 1 amide bonds. The Balaban J connectivity index is 1.46. The van der Waals surface area contributed by atoms with Crippen LogP contribution < -0.4 is 5.32 Å². The van der Waals surface area contributed by atoms with Gasteiger partial charge in [0.1, 0.15) is 12.4 Å². The zero-order valence-corrected chi connectivity index (χ0v) is 13.6. The molecule has 9 heteroatoms. The van der Waals surface area contributed by atoms with E-state index in [1.807, 2.05) is 17.5 Å². The fourth-order valence-electron chi connectivity index (χ4n) is 1.90. The maximum absolute atomic E-state index is 13.0. The molecule has 0 aliphatic carbocycles. The number of amides is 1. The molecule has 2 aromatic heterocycles. The van der Waals surface area contributed by atoms with Crippen LogP contribution in [0.4, 0.5) is 4.39 Å². The first-order valence-electron chi connectivity index (χ1n) is 7.17. The quantitative estimate of drug-likeness (QED) is 0.678. The molecule has 0 aliphatic heterocycles. The van der Waals surface area contributed by atoms with Crippen molar-refractivity contribution in [3.63, 3.8) is 0 Å². The van der Waals surface area contributed by atoms with E-state index in [1.54, 1.807) is 0 Å². The van der Waals surface area contributed by atoms with Gasteiger partial charge in [-0.25, -0.2) is 4.39 Å². The third kappa shape index (κ3) is 4.48. The highest BCUT2D eigenvalue weighted by Crippen LogP contribution is 2.21. The van der Waals surface area contributed by atoms with Crippen molar-refractivity contribution in [2.75, 3.05) is 6.54 Å². The van der Waals surface area contributed by atoms with Crippen LogP contribution in [0.25, 0.3) is 10.7 Å². The summed E-state index contributed by atoms with van der Waals surface area (Å²) >= 11 is 1.46. The molecule has 1 N–H and O–H groups in total. The minimum Gasteiger partial charge on any atom is -0.454 e. The van der Waals surface area contributed by atoms with Gasteiger partial charge in [0.05, 0.1) is 4.88 Å². The van der Waals surface area contributed by atoms with E-state index in [4.69, 9.17) is 9.26 Å². The van der Waals surface area contributed by atoms with Crippen molar-refractivity contribution >= 4 is 23.2 Å². The summed E-state index contributed by atoms with van der Waals surface area (Å²) in [6.07, 6.45) is 0. The Hall–Kier alpha value is -3.07. The predicted octanol–water partition coefficient (Wildman–Crippen LogP) is 2.41. The van der Waals surface area contributed by atoms with Crippen LogP contribution in [-0.2, 0) is 16.1 Å². The number of rotatable bonds is 6. The number of ether oxygens (including phenoxy) is 1. The molecule has 25 heavy (non-hydrogen) atoms. The lowest BCUT2D eigenvalue weighted by Gasteiger charge is -2.05. The van der Waals surface area contributed by atoms with Crippen molar-refractivity contribution in [1.29, 1.82) is 0 Å². The molecule has 2 heterocycles. The van der Waals surface area contributed by atoms with Gasteiger partial charge < -0.3 is 14.6 Å². The van der Waals surface area contributed by atoms with E-state index in [-0.39, 0.29) is 24.6 Å². The van der Waals surface area contributed by atoms with Crippen molar-refractivity contribution < 1.29 is 23.2 Å². The third-order valence-electron chi connectivity index (χ3n) is 3.05. The molecule has 0 radical (unpaired) electrons. The SMILES string of the molecule is O=C(CNC(=O)c1cccc(F)c1)OCc1nc(-c2cccs2)no1. The molecule has 0 spiro atoms. The Labute approximate surface area is 145 Å². The van der Waals surface area contributed by atoms with Gasteiger partial charge in [0.25, 0.3) is 11.8 Å². The van der Waals surface area contributed by atoms with Crippen molar-refractivity contribution in [2.45, 2.75) is 6.61 Å². The molecule has 0 aliphatic rings. The van der Waals surface area contributed by atoms with E-state index in [0.717, 1.165) is 10.9 Å². The lowest BCUT2D eigenvalue weighted by molar-refractivity contribution is -0.144. The number of esters is 1. The smallest absolute Gasteiger partial charge is 0.325 e. The molecule has 1 aromatic carbocycles. The van der Waals surface area contributed by atoms with E-state index in [1.165, 1.54) is 29.5 Å². The second-order valence-corrected chi connectivity index (χ2v) is 5.79. The van der Waals surface area contributed by atoms with Crippen LogP contribution in [0, 0.1) is 5.82 Å². The van der Waals surface area contributed by atoms with Gasteiger partial charge in [-0.2, -0.15) is 4.98 Å². The molecule has 0 unspecified atom stereocenters. The van der Waals surface area contributed by atoms with E-state index in [2.05, 4.69) is 15.5 Å². The van der Waals surface area contributed by atoms with E-state index in [9.17, 15) is 14.0 Å². The van der Waals surface area contributed by atoms with E-state index in [0.29, 0.717) is 5.82 Å². The molecule has 128 valence electrons. The van der Waals surface area contributed by atoms with Crippen molar-refractivity contribution in [3.8, 4) is 10.7 Å². The number of halogens is 1. The maximum atomic E-state index is 13.0. The van der Waals surface area contributed by atoms with Crippen molar-refractivity contribution in [2.24, 2.45) is 0 Å². The van der Waals surface area contributed by atoms with Crippen molar-refractivity contribution in [1.82, 2.24) is 15.5 Å². The minimum atomic E-state index is -0.680. The first-order valence-corrected chi connectivity index (χ1v) is 8.05. The first-order chi connectivity index (χ1) is 12.1. The summed E-state index contributed by atoms with van der Waals surface area (Å²) in [4.78, 5) is 28.4. The molecular formula is C16H12FN3O4S. The van der Waals surface area contributed by atoms with Gasteiger partial charge in [-0.05, 0) is 29.6 Å².